The van der Waals surface area contributed by atoms with Crippen LogP contribution in [0.15, 0.2) is 24.5 Å². The number of hydrogen-bond acceptors (Lipinski definition) is 3. The van der Waals surface area contributed by atoms with Crippen LogP contribution in [0.3, 0.4) is 0 Å². The maximum atomic E-state index is 5.87. The van der Waals surface area contributed by atoms with Gasteiger partial charge in [-0.2, -0.15) is 0 Å². The Hall–Kier alpha value is -0.930. The highest BCUT2D eigenvalue weighted by Crippen LogP contribution is 2.22. The number of nitrogens with two attached hydrogens (primary N) is 1. The zero-order valence-electron chi connectivity index (χ0n) is 9.10. The number of rotatable bonds is 3. The molecule has 1 saturated heterocycles. The van der Waals surface area contributed by atoms with Crippen LogP contribution in [-0.2, 0) is 0 Å². The summed E-state index contributed by atoms with van der Waals surface area (Å²) < 4.78 is 0. The van der Waals surface area contributed by atoms with E-state index in [0.717, 1.165) is 0 Å². The summed E-state index contributed by atoms with van der Waals surface area (Å²) in [5, 5.41) is 0. The highest BCUT2D eigenvalue weighted by molar-refractivity contribution is 5.15. The van der Waals surface area contributed by atoms with Crippen LogP contribution in [-0.4, -0.2) is 29.5 Å². The van der Waals surface area contributed by atoms with Crippen molar-refractivity contribution in [1.82, 2.24) is 9.88 Å². The lowest BCUT2D eigenvalue weighted by Gasteiger charge is -2.34. The largest absolute Gasteiger partial charge is 0.329 e. The molecule has 2 heterocycles. The molecule has 0 spiro atoms. The van der Waals surface area contributed by atoms with E-state index in [1.54, 1.807) is 0 Å². The second-order valence-electron chi connectivity index (χ2n) is 4.13. The van der Waals surface area contributed by atoms with Crippen molar-refractivity contribution in [3.63, 3.8) is 0 Å². The van der Waals surface area contributed by atoms with Gasteiger partial charge in [0, 0.05) is 25.0 Å². The fourth-order valence-corrected chi connectivity index (χ4v) is 2.31. The Labute approximate surface area is 91.3 Å². The van der Waals surface area contributed by atoms with Crippen molar-refractivity contribution in [2.45, 2.75) is 25.3 Å². The maximum Gasteiger partial charge on any atom is 0.0471 e. The van der Waals surface area contributed by atoms with Crippen molar-refractivity contribution in [2.24, 2.45) is 5.73 Å². The number of likely N-dealkylation sites (tertiary alicyclic amines) is 1. The van der Waals surface area contributed by atoms with Crippen LogP contribution in [0.4, 0.5) is 0 Å². The van der Waals surface area contributed by atoms with Crippen LogP contribution in [0.2, 0.25) is 0 Å². The molecule has 0 aliphatic carbocycles. The number of piperidine rings is 1. The molecule has 82 valence electrons. The first kappa shape index (κ1) is 10.6. The van der Waals surface area contributed by atoms with E-state index < -0.39 is 0 Å². The molecule has 1 aliphatic heterocycles. The van der Waals surface area contributed by atoms with E-state index in [9.17, 15) is 0 Å². The number of nitrogens with zero attached hydrogens (tertiary/aromatic N) is 2. The molecule has 0 aromatic carbocycles. The molecule has 0 amide bonds. The molecule has 0 saturated carbocycles. The third kappa shape index (κ3) is 2.55. The van der Waals surface area contributed by atoms with Crippen molar-refractivity contribution in [3.8, 4) is 0 Å². The molecule has 1 aromatic heterocycles. The fraction of sp³-hybridized carbons (Fsp3) is 0.583. The Balaban J connectivity index is 2.09. The summed E-state index contributed by atoms with van der Waals surface area (Å²) in [6.45, 7) is 3.07. The van der Waals surface area contributed by atoms with E-state index in [-0.39, 0.29) is 0 Å². The van der Waals surface area contributed by atoms with Crippen molar-refractivity contribution < 1.29 is 0 Å². The first-order valence-corrected chi connectivity index (χ1v) is 5.76. The quantitative estimate of drug-likeness (QED) is 0.814. The highest BCUT2D eigenvalue weighted by Gasteiger charge is 2.20. The van der Waals surface area contributed by atoms with E-state index in [4.69, 9.17) is 5.73 Å². The number of aromatic nitrogens is 1. The molecule has 0 radical (unpaired) electrons. The van der Waals surface area contributed by atoms with Crippen molar-refractivity contribution in [3.05, 3.63) is 30.1 Å². The van der Waals surface area contributed by atoms with Gasteiger partial charge in [-0.3, -0.25) is 9.88 Å². The summed E-state index contributed by atoms with van der Waals surface area (Å²) in [6.07, 6.45) is 7.68. The van der Waals surface area contributed by atoms with Crippen LogP contribution in [0.25, 0.3) is 0 Å². The minimum Gasteiger partial charge on any atom is -0.329 e. The van der Waals surface area contributed by atoms with Crippen molar-refractivity contribution in [1.29, 1.82) is 0 Å². The molecule has 1 atom stereocenters. The van der Waals surface area contributed by atoms with Crippen LogP contribution in [0, 0.1) is 0 Å². The third-order valence-corrected chi connectivity index (χ3v) is 3.15. The normalized spacial score (nSPS) is 20.1. The summed E-state index contributed by atoms with van der Waals surface area (Å²) in [5.74, 6) is 0. The van der Waals surface area contributed by atoms with E-state index in [1.807, 2.05) is 12.4 Å². The van der Waals surface area contributed by atoms with Gasteiger partial charge in [-0.15, -0.1) is 0 Å². The van der Waals surface area contributed by atoms with E-state index in [0.29, 0.717) is 12.6 Å². The lowest BCUT2D eigenvalue weighted by atomic mass is 10.0. The van der Waals surface area contributed by atoms with E-state index in [2.05, 4.69) is 22.0 Å². The maximum absolute atomic E-state index is 5.87. The molecule has 1 aliphatic rings. The van der Waals surface area contributed by atoms with Crippen LogP contribution >= 0.6 is 0 Å². The molecule has 0 unspecified atom stereocenters. The van der Waals surface area contributed by atoms with Gasteiger partial charge < -0.3 is 5.73 Å². The van der Waals surface area contributed by atoms with E-state index in [1.165, 1.54) is 37.9 Å². The van der Waals surface area contributed by atoms with Gasteiger partial charge in [-0.25, -0.2) is 0 Å². The molecule has 1 fully saturated rings. The lowest BCUT2D eigenvalue weighted by Crippen LogP contribution is -2.37. The first-order chi connectivity index (χ1) is 7.42. The van der Waals surface area contributed by atoms with Gasteiger partial charge in [-0.1, -0.05) is 6.42 Å². The topological polar surface area (TPSA) is 42.1 Å². The Morgan fingerprint density at radius 1 is 1.20 bits per heavy atom. The average molecular weight is 205 g/mol. The van der Waals surface area contributed by atoms with Gasteiger partial charge in [0.25, 0.3) is 0 Å². The van der Waals surface area contributed by atoms with Crippen molar-refractivity contribution >= 4 is 0 Å². The molecule has 0 bridgehead atoms. The smallest absolute Gasteiger partial charge is 0.0471 e. The highest BCUT2D eigenvalue weighted by atomic mass is 15.2. The van der Waals surface area contributed by atoms with E-state index >= 15 is 0 Å². The Morgan fingerprint density at radius 3 is 2.47 bits per heavy atom. The van der Waals surface area contributed by atoms with Crippen LogP contribution in [0.1, 0.15) is 30.9 Å². The monoisotopic (exact) mass is 205 g/mol. The predicted octanol–water partition coefficient (Wildman–Crippen LogP) is 1.57. The minimum absolute atomic E-state index is 0.383. The van der Waals surface area contributed by atoms with Gasteiger partial charge in [0.2, 0.25) is 0 Å². The Bertz CT molecular complexity index is 280. The molecule has 15 heavy (non-hydrogen) atoms. The van der Waals surface area contributed by atoms with Gasteiger partial charge in [0.05, 0.1) is 0 Å². The Kier molecular flexibility index (Phi) is 3.69. The number of pyridine rings is 1. The standard InChI is InChI=1S/C12H19N3/c13-10-12(11-4-6-14-7-5-11)15-8-2-1-3-9-15/h4-7,12H,1-3,8-10,13H2/t12-/m0/s1. The summed E-state index contributed by atoms with van der Waals surface area (Å²) in [7, 11) is 0. The SMILES string of the molecule is NC[C@@H](c1ccncc1)N1CCCCC1. The van der Waals surface area contributed by atoms with Crippen LogP contribution < -0.4 is 5.73 Å². The molecular weight excluding hydrogens is 186 g/mol. The lowest BCUT2D eigenvalue weighted by molar-refractivity contribution is 0.167. The molecule has 2 rings (SSSR count). The fourth-order valence-electron chi connectivity index (χ4n) is 2.31. The molecular formula is C12H19N3. The summed E-state index contributed by atoms with van der Waals surface area (Å²) in [4.78, 5) is 6.55. The minimum atomic E-state index is 0.383. The van der Waals surface area contributed by atoms with Crippen LogP contribution in [0.5, 0.6) is 0 Å². The average Bonchev–Trinajstić information content (AvgIpc) is 2.33. The zero-order chi connectivity index (χ0) is 10.5. The second-order valence-corrected chi connectivity index (χ2v) is 4.13. The third-order valence-electron chi connectivity index (χ3n) is 3.15. The predicted molar refractivity (Wildman–Crippen MR) is 61.5 cm³/mol. The van der Waals surface area contributed by atoms with Gasteiger partial charge >= 0.3 is 0 Å². The van der Waals surface area contributed by atoms with Gasteiger partial charge in [0.1, 0.15) is 0 Å². The first-order valence-electron chi connectivity index (χ1n) is 5.76. The summed E-state index contributed by atoms with van der Waals surface area (Å²) in [6, 6.07) is 4.53. The molecule has 3 nitrogen and oxygen atoms in total. The number of hydrogen-bond donors (Lipinski definition) is 1. The summed E-state index contributed by atoms with van der Waals surface area (Å²) in [5.41, 5.74) is 7.17. The Morgan fingerprint density at radius 2 is 1.87 bits per heavy atom. The molecule has 1 aromatic rings. The summed E-state index contributed by atoms with van der Waals surface area (Å²) >= 11 is 0. The zero-order valence-corrected chi connectivity index (χ0v) is 9.10. The van der Waals surface area contributed by atoms with Gasteiger partial charge in [0.15, 0.2) is 0 Å². The van der Waals surface area contributed by atoms with Gasteiger partial charge in [-0.05, 0) is 43.6 Å². The molecule has 3 heteroatoms. The van der Waals surface area contributed by atoms with Crippen molar-refractivity contribution in [2.75, 3.05) is 19.6 Å². The second kappa shape index (κ2) is 5.24. The molecule has 2 N–H and O–H groups in total.